The first-order valence-electron chi connectivity index (χ1n) is 6.45. The number of rotatable bonds is 3. The maximum absolute atomic E-state index is 11.3. The van der Waals surface area contributed by atoms with Crippen LogP contribution in [-0.2, 0) is 0 Å². The van der Waals surface area contributed by atoms with Gasteiger partial charge in [-0.05, 0) is 32.0 Å². The molecular formula is C15H13N5O. The minimum atomic E-state index is 0.455. The van der Waals surface area contributed by atoms with Crippen LogP contribution in [0.1, 0.15) is 21.7 Å². The summed E-state index contributed by atoms with van der Waals surface area (Å²) >= 11 is 0. The Morgan fingerprint density at radius 3 is 2.38 bits per heavy atom. The van der Waals surface area contributed by atoms with Gasteiger partial charge in [0.1, 0.15) is 5.69 Å². The predicted molar refractivity (Wildman–Crippen MR) is 77.2 cm³/mol. The molecule has 0 fully saturated rings. The summed E-state index contributed by atoms with van der Waals surface area (Å²) in [6.07, 6.45) is 5.74. The summed E-state index contributed by atoms with van der Waals surface area (Å²) in [5, 5.41) is 4.44. The first-order chi connectivity index (χ1) is 10.2. The van der Waals surface area contributed by atoms with Crippen molar-refractivity contribution in [2.45, 2.75) is 13.8 Å². The number of hydrogen-bond acceptors (Lipinski definition) is 5. The predicted octanol–water partition coefficient (Wildman–Crippen LogP) is 2.15. The Labute approximate surface area is 121 Å². The number of carbonyl (C=O) groups excluding carboxylic acids is 1. The number of pyridine rings is 1. The molecule has 3 aromatic heterocycles. The average Bonchev–Trinajstić information content (AvgIpc) is 2.91. The average molecular weight is 279 g/mol. The smallest absolute Gasteiger partial charge is 0.250 e. The first-order valence-corrected chi connectivity index (χ1v) is 6.45. The Bertz CT molecular complexity index is 775. The molecular weight excluding hydrogens is 266 g/mol. The van der Waals surface area contributed by atoms with Crippen LogP contribution in [0.4, 0.5) is 0 Å². The molecule has 0 aliphatic heterocycles. The maximum atomic E-state index is 11.3. The van der Waals surface area contributed by atoms with E-state index in [1.54, 1.807) is 18.6 Å². The molecule has 0 radical (unpaired) electrons. The number of aromatic nitrogens is 5. The minimum Gasteiger partial charge on any atom is -0.298 e. The molecule has 0 atom stereocenters. The summed E-state index contributed by atoms with van der Waals surface area (Å²) in [7, 11) is 0. The van der Waals surface area contributed by atoms with E-state index in [0.29, 0.717) is 17.2 Å². The zero-order valence-corrected chi connectivity index (χ0v) is 11.7. The Morgan fingerprint density at radius 2 is 1.76 bits per heavy atom. The van der Waals surface area contributed by atoms with E-state index < -0.39 is 0 Å². The van der Waals surface area contributed by atoms with E-state index in [1.807, 2.05) is 32.0 Å². The summed E-state index contributed by atoms with van der Waals surface area (Å²) < 4.78 is 1.53. The maximum Gasteiger partial charge on any atom is 0.250 e. The van der Waals surface area contributed by atoms with Gasteiger partial charge in [-0.3, -0.25) is 9.78 Å². The van der Waals surface area contributed by atoms with Crippen molar-refractivity contribution >= 4 is 6.29 Å². The van der Waals surface area contributed by atoms with Gasteiger partial charge < -0.3 is 0 Å². The number of hydrogen-bond donors (Lipinski definition) is 0. The lowest BCUT2D eigenvalue weighted by molar-refractivity contribution is 0.112. The van der Waals surface area contributed by atoms with Crippen molar-refractivity contribution < 1.29 is 4.79 Å². The Hall–Kier alpha value is -2.89. The van der Waals surface area contributed by atoms with Gasteiger partial charge in [-0.1, -0.05) is 0 Å². The van der Waals surface area contributed by atoms with E-state index in [-0.39, 0.29) is 0 Å². The lowest BCUT2D eigenvalue weighted by Gasteiger charge is -2.02. The highest BCUT2D eigenvalue weighted by Gasteiger charge is 2.13. The second kappa shape index (κ2) is 5.24. The van der Waals surface area contributed by atoms with Crippen molar-refractivity contribution in [1.82, 2.24) is 24.7 Å². The van der Waals surface area contributed by atoms with E-state index in [2.05, 4.69) is 20.1 Å². The van der Waals surface area contributed by atoms with Crippen LogP contribution >= 0.6 is 0 Å². The van der Waals surface area contributed by atoms with E-state index in [9.17, 15) is 4.79 Å². The molecule has 0 spiro atoms. The van der Waals surface area contributed by atoms with Gasteiger partial charge in [-0.15, -0.1) is 0 Å². The summed E-state index contributed by atoms with van der Waals surface area (Å²) in [6.45, 7) is 3.79. The minimum absolute atomic E-state index is 0.455. The Morgan fingerprint density at radius 1 is 1.10 bits per heavy atom. The molecule has 6 nitrogen and oxygen atoms in total. The van der Waals surface area contributed by atoms with Crippen LogP contribution in [0, 0.1) is 13.8 Å². The first kappa shape index (κ1) is 13.1. The highest BCUT2D eigenvalue weighted by atomic mass is 16.1. The second-order valence-electron chi connectivity index (χ2n) is 4.68. The van der Waals surface area contributed by atoms with Gasteiger partial charge in [-0.25, -0.2) is 14.6 Å². The van der Waals surface area contributed by atoms with Crippen LogP contribution in [0.25, 0.3) is 17.2 Å². The molecule has 104 valence electrons. The molecule has 3 rings (SSSR count). The molecule has 3 heterocycles. The van der Waals surface area contributed by atoms with Gasteiger partial charge in [0.25, 0.3) is 5.95 Å². The van der Waals surface area contributed by atoms with E-state index in [4.69, 9.17) is 0 Å². The molecule has 0 unspecified atom stereocenters. The lowest BCUT2D eigenvalue weighted by Crippen LogP contribution is -2.04. The summed E-state index contributed by atoms with van der Waals surface area (Å²) in [4.78, 5) is 23.9. The molecule has 3 aromatic rings. The van der Waals surface area contributed by atoms with Crippen molar-refractivity contribution in [2.75, 3.05) is 0 Å². The monoisotopic (exact) mass is 279 g/mol. The molecule has 0 saturated heterocycles. The third-order valence-corrected chi connectivity index (χ3v) is 3.00. The van der Waals surface area contributed by atoms with Crippen LogP contribution in [-0.4, -0.2) is 31.0 Å². The zero-order valence-electron chi connectivity index (χ0n) is 11.7. The van der Waals surface area contributed by atoms with Crippen LogP contribution in [0.3, 0.4) is 0 Å². The highest BCUT2D eigenvalue weighted by Crippen LogP contribution is 2.21. The fraction of sp³-hybridized carbons (Fsp3) is 0.133. The molecule has 6 heteroatoms. The normalized spacial score (nSPS) is 10.6. The van der Waals surface area contributed by atoms with Crippen LogP contribution < -0.4 is 0 Å². The van der Waals surface area contributed by atoms with Gasteiger partial charge in [-0.2, -0.15) is 5.10 Å². The SMILES string of the molecule is Cc1cc(C)nc(-n2cc(C=O)c(-c3ccncc3)n2)n1. The molecule has 21 heavy (non-hydrogen) atoms. The zero-order chi connectivity index (χ0) is 14.8. The Kier molecular flexibility index (Phi) is 3.27. The van der Waals surface area contributed by atoms with Crippen molar-refractivity contribution in [3.05, 3.63) is 53.7 Å². The van der Waals surface area contributed by atoms with Gasteiger partial charge in [0.05, 0.1) is 5.56 Å². The van der Waals surface area contributed by atoms with Gasteiger partial charge >= 0.3 is 0 Å². The number of aldehydes is 1. The van der Waals surface area contributed by atoms with Gasteiger partial charge in [0.15, 0.2) is 6.29 Å². The third-order valence-electron chi connectivity index (χ3n) is 3.00. The summed E-state index contributed by atoms with van der Waals surface area (Å²) in [6, 6.07) is 5.50. The summed E-state index contributed by atoms with van der Waals surface area (Å²) in [5.41, 5.74) is 3.62. The molecule has 0 aliphatic carbocycles. The van der Waals surface area contributed by atoms with Crippen molar-refractivity contribution in [1.29, 1.82) is 0 Å². The summed E-state index contributed by atoms with van der Waals surface area (Å²) in [5.74, 6) is 0.455. The number of nitrogens with zero attached hydrogens (tertiary/aromatic N) is 5. The number of carbonyl (C=O) groups is 1. The lowest BCUT2D eigenvalue weighted by atomic mass is 10.1. The van der Waals surface area contributed by atoms with E-state index in [0.717, 1.165) is 23.2 Å². The van der Waals surface area contributed by atoms with Crippen LogP contribution in [0.2, 0.25) is 0 Å². The quantitative estimate of drug-likeness (QED) is 0.687. The van der Waals surface area contributed by atoms with Gasteiger partial charge in [0, 0.05) is 35.5 Å². The molecule has 0 bridgehead atoms. The molecule has 0 amide bonds. The fourth-order valence-electron chi connectivity index (χ4n) is 2.12. The highest BCUT2D eigenvalue weighted by molar-refractivity contribution is 5.85. The number of aryl methyl sites for hydroxylation is 2. The van der Waals surface area contributed by atoms with Gasteiger partial charge in [0.2, 0.25) is 0 Å². The van der Waals surface area contributed by atoms with E-state index >= 15 is 0 Å². The van der Waals surface area contributed by atoms with E-state index in [1.165, 1.54) is 4.68 Å². The van der Waals surface area contributed by atoms with Crippen LogP contribution in [0.5, 0.6) is 0 Å². The topological polar surface area (TPSA) is 73.6 Å². The van der Waals surface area contributed by atoms with Crippen LogP contribution in [0.15, 0.2) is 36.8 Å². The molecule has 0 saturated carbocycles. The Balaban J connectivity index is 2.13. The molecule has 0 N–H and O–H groups in total. The largest absolute Gasteiger partial charge is 0.298 e. The third kappa shape index (κ3) is 2.55. The van der Waals surface area contributed by atoms with Crippen molar-refractivity contribution in [3.63, 3.8) is 0 Å². The molecule has 0 aliphatic rings. The standard InChI is InChI=1S/C15H13N5O/c1-10-7-11(2)18-15(17-10)20-8-13(9-21)14(19-20)12-3-5-16-6-4-12/h3-9H,1-2H3. The second-order valence-corrected chi connectivity index (χ2v) is 4.68. The fourth-order valence-corrected chi connectivity index (χ4v) is 2.12. The molecule has 0 aromatic carbocycles. The van der Waals surface area contributed by atoms with Crippen molar-refractivity contribution in [2.24, 2.45) is 0 Å². The van der Waals surface area contributed by atoms with Crippen molar-refractivity contribution in [3.8, 4) is 17.2 Å².